The van der Waals surface area contributed by atoms with Gasteiger partial charge in [-0.05, 0) is 51.4 Å². The molecule has 10 radical (unpaired) electrons. The minimum atomic E-state index is -0.524. The zero-order chi connectivity index (χ0) is 27.7. The van der Waals surface area contributed by atoms with Gasteiger partial charge in [0, 0.05) is 20.3 Å². The smallest absolute Gasteiger partial charge is 0.465 e. The Morgan fingerprint density at radius 3 is 0.949 bits per heavy atom. The van der Waals surface area contributed by atoms with Crippen molar-refractivity contribution in [2.75, 3.05) is 28.4 Å². The fraction of sp³-hybridized carbons (Fsp3) is 0.154. The number of carbonyl (C=O) groups excluding carboxylic acids is 4. The second-order valence-electron chi connectivity index (χ2n) is 7.05. The summed E-state index contributed by atoms with van der Waals surface area (Å²) in [5, 5.41) is 0. The molecule has 0 spiro atoms. The number of methoxy groups -OCH3 is 4. The maximum atomic E-state index is 11.6. The topological polar surface area (TPSA) is 105 Å². The van der Waals surface area contributed by atoms with Crippen molar-refractivity contribution < 1.29 is 55.2 Å². The van der Waals surface area contributed by atoms with Gasteiger partial charge in [0.15, 0.2) is 0 Å². The maximum Gasteiger partial charge on any atom is 2.00 e. The summed E-state index contributed by atoms with van der Waals surface area (Å²) in [5.41, 5.74) is 0. The molecule has 0 N–H and O–H groups in total. The molecule has 2 heterocycles. The van der Waals surface area contributed by atoms with Crippen molar-refractivity contribution in [1.29, 1.82) is 0 Å². The molecule has 0 bridgehead atoms. The van der Waals surface area contributed by atoms with Crippen molar-refractivity contribution in [3.05, 3.63) is 103 Å². The number of rotatable bonds is 6. The summed E-state index contributed by atoms with van der Waals surface area (Å²) in [7, 11) is 5.14. The number of hydrogen-bond acceptors (Lipinski definition) is 12. The second-order valence-corrected chi connectivity index (χ2v) is 11.8. The van der Waals surface area contributed by atoms with E-state index < -0.39 is 23.9 Å². The first-order chi connectivity index (χ1) is 18.3. The Morgan fingerprint density at radius 1 is 0.513 bits per heavy atom. The van der Waals surface area contributed by atoms with Gasteiger partial charge in [0.1, 0.15) is 19.6 Å². The van der Waals surface area contributed by atoms with Gasteiger partial charge in [-0.2, -0.15) is 0 Å². The molecule has 0 unspecified atom stereocenters. The first kappa shape index (κ1) is 34.0. The molecule has 0 saturated heterocycles. The molecule has 0 amide bonds. The number of hydrogen-bond donors (Lipinski definition) is 0. The van der Waals surface area contributed by atoms with Crippen molar-refractivity contribution in [2.45, 2.75) is 0 Å². The molecule has 39 heavy (non-hydrogen) atoms. The van der Waals surface area contributed by atoms with Crippen molar-refractivity contribution in [3.63, 3.8) is 0 Å². The SMILES string of the molecule is COC(=O)C1=C(C(=O)OC)SC(=C[C]2[CH][CH][CH][CH]2)S1.COC(=O)C1=C(C(=O)OC)SC(=C[C]2[CH][CH][CH][CH]2)S1.[Fe+2]. The summed E-state index contributed by atoms with van der Waals surface area (Å²) >= 11 is 4.89. The van der Waals surface area contributed by atoms with Crippen LogP contribution in [-0.4, -0.2) is 52.3 Å². The Hall–Kier alpha value is -1.24. The van der Waals surface area contributed by atoms with Crippen LogP contribution in [0.1, 0.15) is 0 Å². The van der Waals surface area contributed by atoms with Gasteiger partial charge < -0.3 is 18.9 Å². The molecular formula is C26H22FeO8S4+2. The van der Waals surface area contributed by atoms with Crippen LogP contribution in [0.15, 0.2) is 40.2 Å². The van der Waals surface area contributed by atoms with E-state index in [0.29, 0.717) is 0 Å². The minimum absolute atomic E-state index is 0. The van der Waals surface area contributed by atoms with E-state index in [1.54, 1.807) is 0 Å². The first-order valence-corrected chi connectivity index (χ1v) is 14.0. The molecule has 4 rings (SSSR count). The largest absolute Gasteiger partial charge is 2.00 e. The molecule has 8 nitrogen and oxygen atoms in total. The Kier molecular flexibility index (Phi) is 14.7. The molecular weight excluding hydrogens is 624 g/mol. The molecule has 0 aromatic carbocycles. The van der Waals surface area contributed by atoms with Gasteiger partial charge in [0.05, 0.1) is 28.4 Å². The molecule has 2 saturated carbocycles. The summed E-state index contributed by atoms with van der Waals surface area (Å²) in [6.45, 7) is 0. The predicted molar refractivity (Wildman–Crippen MR) is 150 cm³/mol. The van der Waals surface area contributed by atoms with E-state index >= 15 is 0 Å². The van der Waals surface area contributed by atoms with Gasteiger partial charge in [-0.1, -0.05) is 59.2 Å². The fourth-order valence-electron chi connectivity index (χ4n) is 2.90. The van der Waals surface area contributed by atoms with E-state index in [9.17, 15) is 19.2 Å². The van der Waals surface area contributed by atoms with Crippen LogP contribution in [0.25, 0.3) is 0 Å². The Morgan fingerprint density at radius 2 is 0.744 bits per heavy atom. The monoisotopic (exact) mass is 646 g/mol. The van der Waals surface area contributed by atoms with Gasteiger partial charge in [0.2, 0.25) is 0 Å². The van der Waals surface area contributed by atoms with Gasteiger partial charge in [-0.25, -0.2) is 19.2 Å². The minimum Gasteiger partial charge on any atom is -0.465 e. The van der Waals surface area contributed by atoms with Crippen LogP contribution in [-0.2, 0) is 55.2 Å². The standard InChI is InChI=1S/2C13H11O4S2.Fe/c2*1-16-12(14)10-11(13(15)17-2)19-9(18-10)7-8-5-3-4-6-8;/h2*3-7H,1-2H3;/q;;+2. The van der Waals surface area contributed by atoms with E-state index in [-0.39, 0.29) is 36.7 Å². The van der Waals surface area contributed by atoms with Gasteiger partial charge in [-0.15, -0.1) is 0 Å². The van der Waals surface area contributed by atoms with Crippen molar-refractivity contribution >= 4 is 70.9 Å². The third kappa shape index (κ3) is 9.39. The number of thioether (sulfide) groups is 4. The Bertz CT molecular complexity index is 926. The van der Waals surface area contributed by atoms with Gasteiger partial charge in [0.25, 0.3) is 0 Å². The average Bonchev–Trinajstić information content (AvgIpc) is 3.75. The maximum absolute atomic E-state index is 11.6. The number of esters is 4. The van der Waals surface area contributed by atoms with Crippen molar-refractivity contribution in [2.24, 2.45) is 0 Å². The number of carbonyl (C=O) groups is 4. The van der Waals surface area contributed by atoms with Crippen LogP contribution in [0.5, 0.6) is 0 Å². The van der Waals surface area contributed by atoms with E-state index in [4.69, 9.17) is 0 Å². The third-order valence-corrected chi connectivity index (χ3v) is 9.49. The molecule has 0 aromatic heterocycles. The molecule has 0 atom stereocenters. The Balaban J connectivity index is 0.000000267. The Labute approximate surface area is 256 Å². The molecule has 2 aliphatic carbocycles. The zero-order valence-corrected chi connectivity index (χ0v) is 25.4. The quantitative estimate of drug-likeness (QED) is 0.230. The number of allylic oxidation sites excluding steroid dienone is 2. The summed E-state index contributed by atoms with van der Waals surface area (Å²) < 4.78 is 20.4. The third-order valence-electron chi connectivity index (χ3n) is 4.65. The normalized spacial score (nSPS) is 19.3. The van der Waals surface area contributed by atoms with Crippen LogP contribution < -0.4 is 0 Å². The zero-order valence-electron chi connectivity index (χ0n) is 21.0. The molecule has 0 aromatic rings. The van der Waals surface area contributed by atoms with E-state index in [2.05, 4.69) is 18.9 Å². The van der Waals surface area contributed by atoms with Crippen LogP contribution in [0.3, 0.4) is 0 Å². The van der Waals surface area contributed by atoms with Crippen LogP contribution in [0.4, 0.5) is 0 Å². The molecule has 4 aliphatic rings. The van der Waals surface area contributed by atoms with Crippen molar-refractivity contribution in [1.82, 2.24) is 0 Å². The summed E-state index contributed by atoms with van der Waals surface area (Å²) in [5.74, 6) is -0.0594. The van der Waals surface area contributed by atoms with Gasteiger partial charge in [-0.3, -0.25) is 0 Å². The summed E-state index contributed by atoms with van der Waals surface area (Å²) in [4.78, 5) is 47.7. The first-order valence-electron chi connectivity index (χ1n) is 10.7. The van der Waals surface area contributed by atoms with Crippen molar-refractivity contribution in [3.8, 4) is 0 Å². The average molecular weight is 647 g/mol. The van der Waals surface area contributed by atoms with Crippen LogP contribution in [0.2, 0.25) is 0 Å². The van der Waals surface area contributed by atoms with E-state index in [1.807, 2.05) is 63.5 Å². The second kappa shape index (κ2) is 16.9. The van der Waals surface area contributed by atoms with E-state index in [0.717, 1.165) is 20.3 Å². The van der Waals surface area contributed by atoms with Crippen LogP contribution >= 0.6 is 47.0 Å². The number of ether oxygens (including phenoxy) is 4. The predicted octanol–water partition coefficient (Wildman–Crippen LogP) is 4.54. The summed E-state index contributed by atoms with van der Waals surface area (Å²) in [6.07, 6.45) is 19.3. The fourth-order valence-corrected chi connectivity index (χ4v) is 7.69. The van der Waals surface area contributed by atoms with Crippen LogP contribution in [0, 0.1) is 63.2 Å². The molecule has 13 heteroatoms. The molecule has 2 aliphatic heterocycles. The summed E-state index contributed by atoms with van der Waals surface area (Å²) in [6, 6.07) is 0. The van der Waals surface area contributed by atoms with E-state index in [1.165, 1.54) is 75.5 Å². The molecule has 2 fully saturated rings. The molecule has 204 valence electrons. The van der Waals surface area contributed by atoms with Gasteiger partial charge >= 0.3 is 40.9 Å².